The van der Waals surface area contributed by atoms with Gasteiger partial charge < -0.3 is 0 Å². The highest BCUT2D eigenvalue weighted by Gasteiger charge is 2.31. The van der Waals surface area contributed by atoms with Crippen LogP contribution in [0.1, 0.15) is 26.2 Å². The van der Waals surface area contributed by atoms with Crippen LogP contribution in [0.3, 0.4) is 0 Å². The number of piperidine rings is 1. The van der Waals surface area contributed by atoms with Crippen LogP contribution in [0.25, 0.3) is 0 Å². The van der Waals surface area contributed by atoms with Crippen LogP contribution in [0, 0.1) is 5.92 Å². The van der Waals surface area contributed by atoms with Crippen LogP contribution in [0.5, 0.6) is 0 Å². The molecule has 0 aromatic rings. The summed E-state index contributed by atoms with van der Waals surface area (Å²) in [4.78, 5) is 2.49. The van der Waals surface area contributed by atoms with Crippen molar-refractivity contribution in [2.75, 3.05) is 13.6 Å². The minimum absolute atomic E-state index is 0.773. The molecule has 0 amide bonds. The molecule has 0 aromatic heterocycles. The van der Waals surface area contributed by atoms with E-state index in [4.69, 9.17) is 0 Å². The molecule has 0 radical (unpaired) electrons. The smallest absolute Gasteiger partial charge is 0.0278 e. The fourth-order valence-corrected chi connectivity index (χ4v) is 2.47. The fraction of sp³-hybridized carbons (Fsp3) is 0.800. The maximum atomic E-state index is 2.50. The molecule has 1 nitrogen and oxygen atoms in total. The minimum Gasteiger partial charge on any atom is -0.299 e. The third-order valence-electron chi connectivity index (χ3n) is 3.22. The molecular weight excluding hydrogens is 134 g/mol. The molecule has 3 rings (SSSR count). The van der Waals surface area contributed by atoms with E-state index in [1.165, 1.54) is 25.8 Å². The predicted octanol–water partition coefficient (Wildman–Crippen LogP) is 2.05. The van der Waals surface area contributed by atoms with E-state index in [1.54, 1.807) is 5.57 Å². The zero-order chi connectivity index (χ0) is 7.84. The topological polar surface area (TPSA) is 3.24 Å². The summed E-state index contributed by atoms with van der Waals surface area (Å²) in [5, 5.41) is 0. The molecule has 11 heavy (non-hydrogen) atoms. The van der Waals surface area contributed by atoms with Gasteiger partial charge in [-0.1, -0.05) is 18.6 Å². The van der Waals surface area contributed by atoms with Gasteiger partial charge in [0.25, 0.3) is 0 Å². The summed E-state index contributed by atoms with van der Waals surface area (Å²) in [6.07, 6.45) is 6.60. The number of hydrogen-bond acceptors (Lipinski definition) is 1. The van der Waals surface area contributed by atoms with Crippen LogP contribution in [0.15, 0.2) is 11.6 Å². The first kappa shape index (κ1) is 7.35. The Kier molecular flexibility index (Phi) is 1.76. The van der Waals surface area contributed by atoms with Crippen LogP contribution in [-0.4, -0.2) is 24.5 Å². The van der Waals surface area contributed by atoms with Gasteiger partial charge in [0.2, 0.25) is 0 Å². The lowest BCUT2D eigenvalue weighted by molar-refractivity contribution is 0.161. The lowest BCUT2D eigenvalue weighted by Gasteiger charge is -2.42. The Morgan fingerprint density at radius 3 is 2.82 bits per heavy atom. The second-order valence-corrected chi connectivity index (χ2v) is 3.88. The first-order valence-electron chi connectivity index (χ1n) is 4.72. The van der Waals surface area contributed by atoms with Gasteiger partial charge in [0.15, 0.2) is 0 Å². The molecule has 2 heterocycles. The molecule has 2 bridgehead atoms. The average molecular weight is 151 g/mol. The SMILES string of the molecule is CCC1=CC2CCC1CN2C. The minimum atomic E-state index is 0.773. The summed E-state index contributed by atoms with van der Waals surface area (Å²) >= 11 is 0. The molecule has 3 aliphatic rings. The highest BCUT2D eigenvalue weighted by molar-refractivity contribution is 5.18. The first-order valence-corrected chi connectivity index (χ1v) is 4.72. The Balaban J connectivity index is 2.21. The summed E-state index contributed by atoms with van der Waals surface area (Å²) in [5.41, 5.74) is 1.72. The molecule has 1 aliphatic carbocycles. The molecule has 0 saturated carbocycles. The predicted molar refractivity (Wildman–Crippen MR) is 47.5 cm³/mol. The molecule has 1 saturated heterocycles. The number of likely N-dealkylation sites (N-methyl/N-ethyl adjacent to an activating group) is 1. The van der Waals surface area contributed by atoms with E-state index in [2.05, 4.69) is 24.9 Å². The van der Waals surface area contributed by atoms with Crippen molar-refractivity contribution in [2.24, 2.45) is 5.92 Å². The number of fused-ring (bicyclic) bond motifs is 2. The molecule has 2 unspecified atom stereocenters. The Bertz CT molecular complexity index is 183. The van der Waals surface area contributed by atoms with Gasteiger partial charge in [-0.25, -0.2) is 0 Å². The Hall–Kier alpha value is -0.300. The Morgan fingerprint density at radius 2 is 2.36 bits per heavy atom. The number of nitrogens with zero attached hydrogens (tertiary/aromatic N) is 1. The standard InChI is InChI=1S/C10H17N/c1-3-8-6-10-5-4-9(8)7-11(10)2/h6,9-10H,3-5,7H2,1-2H3. The van der Waals surface area contributed by atoms with Gasteiger partial charge in [0.1, 0.15) is 0 Å². The second kappa shape index (κ2) is 2.63. The van der Waals surface area contributed by atoms with E-state index in [1.807, 2.05) is 0 Å². The van der Waals surface area contributed by atoms with Crippen molar-refractivity contribution in [3.05, 3.63) is 11.6 Å². The van der Waals surface area contributed by atoms with Crippen molar-refractivity contribution in [1.29, 1.82) is 0 Å². The van der Waals surface area contributed by atoms with Gasteiger partial charge in [-0.05, 0) is 32.2 Å². The van der Waals surface area contributed by atoms with E-state index in [-0.39, 0.29) is 0 Å². The van der Waals surface area contributed by atoms with E-state index >= 15 is 0 Å². The summed E-state index contributed by atoms with van der Waals surface area (Å²) in [5.74, 6) is 0.898. The fourth-order valence-electron chi connectivity index (χ4n) is 2.47. The van der Waals surface area contributed by atoms with Gasteiger partial charge in [0.05, 0.1) is 0 Å². The average Bonchev–Trinajstić information content (AvgIpc) is 2.05. The molecule has 0 N–H and O–H groups in total. The van der Waals surface area contributed by atoms with Gasteiger partial charge >= 0.3 is 0 Å². The Labute approximate surface area is 69.1 Å². The Morgan fingerprint density at radius 1 is 1.55 bits per heavy atom. The zero-order valence-electron chi connectivity index (χ0n) is 7.51. The normalized spacial score (nSPS) is 37.5. The molecule has 62 valence electrons. The maximum absolute atomic E-state index is 2.50. The summed E-state index contributed by atoms with van der Waals surface area (Å²) < 4.78 is 0. The van der Waals surface area contributed by atoms with Gasteiger partial charge in [-0.2, -0.15) is 0 Å². The van der Waals surface area contributed by atoms with Crippen molar-refractivity contribution in [3.63, 3.8) is 0 Å². The number of hydrogen-bond donors (Lipinski definition) is 0. The second-order valence-electron chi connectivity index (χ2n) is 3.88. The molecule has 0 spiro atoms. The molecule has 2 atom stereocenters. The maximum Gasteiger partial charge on any atom is 0.0278 e. The van der Waals surface area contributed by atoms with Gasteiger partial charge in [-0.15, -0.1) is 0 Å². The van der Waals surface area contributed by atoms with Crippen LogP contribution < -0.4 is 0 Å². The van der Waals surface area contributed by atoms with Crippen molar-refractivity contribution in [2.45, 2.75) is 32.2 Å². The first-order chi connectivity index (χ1) is 5.31. The van der Waals surface area contributed by atoms with Crippen molar-refractivity contribution in [3.8, 4) is 0 Å². The van der Waals surface area contributed by atoms with E-state index in [0.717, 1.165) is 12.0 Å². The molecule has 1 fully saturated rings. The third kappa shape index (κ3) is 1.12. The number of rotatable bonds is 1. The van der Waals surface area contributed by atoms with Crippen LogP contribution in [-0.2, 0) is 0 Å². The molecule has 2 aliphatic heterocycles. The van der Waals surface area contributed by atoms with Crippen molar-refractivity contribution >= 4 is 0 Å². The van der Waals surface area contributed by atoms with Gasteiger partial charge in [0, 0.05) is 12.6 Å². The van der Waals surface area contributed by atoms with Crippen LogP contribution in [0.2, 0.25) is 0 Å². The largest absolute Gasteiger partial charge is 0.299 e. The third-order valence-corrected chi connectivity index (χ3v) is 3.22. The summed E-state index contributed by atoms with van der Waals surface area (Å²) in [6, 6.07) is 0.773. The lowest BCUT2D eigenvalue weighted by Crippen LogP contribution is -2.44. The van der Waals surface area contributed by atoms with Crippen LogP contribution in [0.4, 0.5) is 0 Å². The quantitative estimate of drug-likeness (QED) is 0.518. The molecule has 1 heteroatoms. The molecular formula is C10H17N. The van der Waals surface area contributed by atoms with Gasteiger partial charge in [-0.3, -0.25) is 4.90 Å². The van der Waals surface area contributed by atoms with Crippen molar-refractivity contribution in [1.82, 2.24) is 4.90 Å². The zero-order valence-corrected chi connectivity index (χ0v) is 7.51. The van der Waals surface area contributed by atoms with E-state index in [0.29, 0.717) is 0 Å². The van der Waals surface area contributed by atoms with Crippen LogP contribution >= 0.6 is 0 Å². The highest BCUT2D eigenvalue weighted by Crippen LogP contribution is 2.34. The van der Waals surface area contributed by atoms with E-state index < -0.39 is 0 Å². The summed E-state index contributed by atoms with van der Waals surface area (Å²) in [7, 11) is 2.25. The van der Waals surface area contributed by atoms with Crippen molar-refractivity contribution < 1.29 is 0 Å². The van der Waals surface area contributed by atoms with E-state index in [9.17, 15) is 0 Å². The monoisotopic (exact) mass is 151 g/mol. The highest BCUT2D eigenvalue weighted by atomic mass is 15.1. The summed E-state index contributed by atoms with van der Waals surface area (Å²) in [6.45, 7) is 3.59. The molecule has 0 aromatic carbocycles. The lowest BCUT2D eigenvalue weighted by atomic mass is 9.79.